The van der Waals surface area contributed by atoms with Crippen LogP contribution in [0, 0.1) is 6.92 Å². The first kappa shape index (κ1) is 13.5. The van der Waals surface area contributed by atoms with Crippen LogP contribution >= 0.6 is 0 Å². The molecule has 1 saturated carbocycles. The van der Waals surface area contributed by atoms with E-state index in [0.29, 0.717) is 12.0 Å². The first-order valence-corrected chi connectivity index (χ1v) is 7.35. The molecule has 1 fully saturated rings. The Bertz CT molecular complexity index is 366. The fraction of sp³-hybridized carbons (Fsp3) is 0.857. The second-order valence-electron chi connectivity index (χ2n) is 5.60. The van der Waals surface area contributed by atoms with Gasteiger partial charge in [0.05, 0.1) is 0 Å². The average Bonchev–Trinajstić information content (AvgIpc) is 2.79. The fourth-order valence-electron chi connectivity index (χ4n) is 3.07. The molecular weight excluding hydrogens is 224 g/mol. The van der Waals surface area contributed by atoms with Gasteiger partial charge in [-0.05, 0) is 39.2 Å². The van der Waals surface area contributed by atoms with Crippen molar-refractivity contribution in [3.8, 4) is 0 Å². The van der Waals surface area contributed by atoms with Crippen molar-refractivity contribution in [2.75, 3.05) is 6.54 Å². The molecule has 2 N–H and O–H groups in total. The van der Waals surface area contributed by atoms with Gasteiger partial charge in [-0.3, -0.25) is 0 Å². The predicted octanol–water partition coefficient (Wildman–Crippen LogP) is 2.93. The molecular formula is C14H26N4. The first-order chi connectivity index (χ1) is 8.74. The second kappa shape index (κ2) is 6.32. The second-order valence-corrected chi connectivity index (χ2v) is 5.60. The molecule has 0 saturated heterocycles. The molecule has 1 aromatic heterocycles. The Morgan fingerprint density at radius 2 is 2.00 bits per heavy atom. The van der Waals surface area contributed by atoms with Gasteiger partial charge in [0.2, 0.25) is 0 Å². The maximum absolute atomic E-state index is 5.60. The van der Waals surface area contributed by atoms with Crippen molar-refractivity contribution in [3.63, 3.8) is 0 Å². The highest BCUT2D eigenvalue weighted by atomic mass is 15.3. The number of hydrogen-bond donors (Lipinski definition) is 1. The zero-order chi connectivity index (χ0) is 13.0. The zero-order valence-electron chi connectivity index (χ0n) is 11.7. The van der Waals surface area contributed by atoms with Crippen molar-refractivity contribution in [2.45, 2.75) is 70.8 Å². The Hall–Kier alpha value is -0.900. The monoisotopic (exact) mass is 250 g/mol. The SMILES string of the molecule is Cc1nnc(C(C)CCCN)n1C1CCCCC1. The van der Waals surface area contributed by atoms with E-state index in [9.17, 15) is 0 Å². The topological polar surface area (TPSA) is 56.7 Å². The summed E-state index contributed by atoms with van der Waals surface area (Å²) in [6, 6.07) is 0.629. The molecule has 18 heavy (non-hydrogen) atoms. The highest BCUT2D eigenvalue weighted by Crippen LogP contribution is 2.32. The van der Waals surface area contributed by atoms with Crippen LogP contribution in [0.5, 0.6) is 0 Å². The summed E-state index contributed by atoms with van der Waals surface area (Å²) in [6.45, 7) is 5.10. The maximum atomic E-state index is 5.60. The van der Waals surface area contributed by atoms with E-state index in [1.54, 1.807) is 0 Å². The van der Waals surface area contributed by atoms with E-state index in [-0.39, 0.29) is 0 Å². The van der Waals surface area contributed by atoms with Crippen molar-refractivity contribution >= 4 is 0 Å². The van der Waals surface area contributed by atoms with Crippen molar-refractivity contribution < 1.29 is 0 Å². The third-order valence-corrected chi connectivity index (χ3v) is 4.11. The normalized spacial score (nSPS) is 19.1. The zero-order valence-corrected chi connectivity index (χ0v) is 11.7. The molecule has 4 nitrogen and oxygen atoms in total. The molecule has 0 bridgehead atoms. The molecule has 2 rings (SSSR count). The summed E-state index contributed by atoms with van der Waals surface area (Å²) in [5.74, 6) is 2.72. The van der Waals surface area contributed by atoms with E-state index in [1.807, 2.05) is 0 Å². The number of aryl methyl sites for hydroxylation is 1. The smallest absolute Gasteiger partial charge is 0.136 e. The largest absolute Gasteiger partial charge is 0.330 e. The highest BCUT2D eigenvalue weighted by molar-refractivity contribution is 5.03. The molecule has 1 aliphatic rings. The van der Waals surface area contributed by atoms with Gasteiger partial charge in [-0.1, -0.05) is 26.2 Å². The lowest BCUT2D eigenvalue weighted by Gasteiger charge is -2.26. The quantitative estimate of drug-likeness (QED) is 0.874. The number of nitrogens with two attached hydrogens (primary N) is 1. The summed E-state index contributed by atoms with van der Waals surface area (Å²) < 4.78 is 2.40. The van der Waals surface area contributed by atoms with Gasteiger partial charge >= 0.3 is 0 Å². The molecule has 1 heterocycles. The number of nitrogens with zero attached hydrogens (tertiary/aromatic N) is 3. The minimum Gasteiger partial charge on any atom is -0.330 e. The molecule has 0 spiro atoms. The summed E-state index contributed by atoms with van der Waals surface area (Å²) in [6.07, 6.45) is 8.83. The predicted molar refractivity (Wildman–Crippen MR) is 73.6 cm³/mol. The van der Waals surface area contributed by atoms with Crippen LogP contribution < -0.4 is 5.73 Å². The maximum Gasteiger partial charge on any atom is 0.136 e. The molecule has 102 valence electrons. The molecule has 1 atom stereocenters. The molecule has 1 aliphatic carbocycles. The summed E-state index contributed by atoms with van der Waals surface area (Å²) in [7, 11) is 0. The van der Waals surface area contributed by atoms with Crippen molar-refractivity contribution in [2.24, 2.45) is 5.73 Å². The van der Waals surface area contributed by atoms with E-state index < -0.39 is 0 Å². The van der Waals surface area contributed by atoms with E-state index in [0.717, 1.165) is 25.2 Å². The molecule has 4 heteroatoms. The number of aromatic nitrogens is 3. The van der Waals surface area contributed by atoms with E-state index >= 15 is 0 Å². The minimum absolute atomic E-state index is 0.469. The summed E-state index contributed by atoms with van der Waals surface area (Å²) >= 11 is 0. The van der Waals surface area contributed by atoms with Crippen LogP contribution in [0.15, 0.2) is 0 Å². The van der Waals surface area contributed by atoms with Crippen LogP contribution in [0.1, 0.15) is 75.5 Å². The fourth-order valence-corrected chi connectivity index (χ4v) is 3.07. The average molecular weight is 250 g/mol. The summed E-state index contributed by atoms with van der Waals surface area (Å²) in [5, 5.41) is 8.72. The van der Waals surface area contributed by atoms with Gasteiger partial charge in [-0.15, -0.1) is 10.2 Å². The third kappa shape index (κ3) is 2.91. The van der Waals surface area contributed by atoms with Gasteiger partial charge in [-0.2, -0.15) is 0 Å². The summed E-state index contributed by atoms with van der Waals surface area (Å²) in [5.41, 5.74) is 5.60. The van der Waals surface area contributed by atoms with Crippen molar-refractivity contribution in [1.29, 1.82) is 0 Å². The van der Waals surface area contributed by atoms with E-state index in [1.165, 1.54) is 37.9 Å². The number of hydrogen-bond acceptors (Lipinski definition) is 3. The molecule has 0 aromatic carbocycles. The van der Waals surface area contributed by atoms with Crippen LogP contribution in [-0.4, -0.2) is 21.3 Å². The van der Waals surface area contributed by atoms with Gasteiger partial charge in [-0.25, -0.2) is 0 Å². The Labute approximate surface area is 110 Å². The lowest BCUT2D eigenvalue weighted by atomic mass is 9.94. The van der Waals surface area contributed by atoms with Gasteiger partial charge in [0.1, 0.15) is 11.6 Å². The van der Waals surface area contributed by atoms with Crippen molar-refractivity contribution in [1.82, 2.24) is 14.8 Å². The summed E-state index contributed by atoms with van der Waals surface area (Å²) in [4.78, 5) is 0. The standard InChI is InChI=1S/C14H26N4/c1-11(7-6-10-15)14-17-16-12(2)18(14)13-8-4-3-5-9-13/h11,13H,3-10,15H2,1-2H3. The Morgan fingerprint density at radius 3 is 2.67 bits per heavy atom. The van der Waals surface area contributed by atoms with E-state index in [4.69, 9.17) is 5.73 Å². The molecule has 0 radical (unpaired) electrons. The van der Waals surface area contributed by atoms with Gasteiger partial charge < -0.3 is 10.3 Å². The Balaban J connectivity index is 2.15. The van der Waals surface area contributed by atoms with Gasteiger partial charge in [0, 0.05) is 12.0 Å². The Kier molecular flexibility index (Phi) is 4.75. The van der Waals surface area contributed by atoms with Crippen LogP contribution in [-0.2, 0) is 0 Å². The van der Waals surface area contributed by atoms with Gasteiger partial charge in [0.15, 0.2) is 0 Å². The third-order valence-electron chi connectivity index (χ3n) is 4.11. The Morgan fingerprint density at radius 1 is 1.28 bits per heavy atom. The highest BCUT2D eigenvalue weighted by Gasteiger charge is 2.23. The van der Waals surface area contributed by atoms with Gasteiger partial charge in [0.25, 0.3) is 0 Å². The molecule has 0 aliphatic heterocycles. The van der Waals surface area contributed by atoms with Crippen LogP contribution in [0.4, 0.5) is 0 Å². The lowest BCUT2D eigenvalue weighted by molar-refractivity contribution is 0.335. The molecule has 0 amide bonds. The van der Waals surface area contributed by atoms with E-state index in [2.05, 4.69) is 28.6 Å². The number of rotatable bonds is 5. The first-order valence-electron chi connectivity index (χ1n) is 7.35. The lowest BCUT2D eigenvalue weighted by Crippen LogP contribution is -2.18. The van der Waals surface area contributed by atoms with Crippen molar-refractivity contribution in [3.05, 3.63) is 11.6 Å². The van der Waals surface area contributed by atoms with Crippen LogP contribution in [0.2, 0.25) is 0 Å². The molecule has 1 unspecified atom stereocenters. The minimum atomic E-state index is 0.469. The molecule has 1 aromatic rings. The van der Waals surface area contributed by atoms with Crippen LogP contribution in [0.25, 0.3) is 0 Å². The van der Waals surface area contributed by atoms with Crippen LogP contribution in [0.3, 0.4) is 0 Å².